The maximum absolute atomic E-state index is 12.7. The molecule has 2 aliphatic heterocycles. The summed E-state index contributed by atoms with van der Waals surface area (Å²) in [5, 5.41) is 12.6. The molecule has 2 fully saturated rings. The van der Waals surface area contributed by atoms with E-state index >= 15 is 0 Å². The first-order chi connectivity index (χ1) is 22.6. The van der Waals surface area contributed by atoms with Crippen molar-refractivity contribution in [3.63, 3.8) is 0 Å². The second kappa shape index (κ2) is 15.6. The first-order valence-electron chi connectivity index (χ1n) is 16.7. The second-order valence-corrected chi connectivity index (χ2v) is 12.6. The zero-order chi connectivity index (χ0) is 31.7. The predicted octanol–water partition coefficient (Wildman–Crippen LogP) is 7.23. The Morgan fingerprint density at radius 1 is 0.870 bits per heavy atom. The van der Waals surface area contributed by atoms with Gasteiger partial charge in [-0.3, -0.25) is 9.78 Å². The number of pyridine rings is 1. The molecule has 0 bridgehead atoms. The average Bonchev–Trinajstić information content (AvgIpc) is 3.10. The van der Waals surface area contributed by atoms with Crippen molar-refractivity contribution < 1.29 is 19.4 Å². The molecular formula is C39H45N3O4. The highest BCUT2D eigenvalue weighted by Gasteiger charge is 2.39. The SMILES string of the molecule is CC1C(CN2CCCCCCC2)OC(c2ccc(-c3ccccc3CNC(=O)c3cccnc3)cc2)OC1c1ccc(CO)cc1. The average molecular weight is 620 g/mol. The fourth-order valence-electron chi connectivity index (χ4n) is 6.63. The molecule has 1 amide bonds. The van der Waals surface area contributed by atoms with Gasteiger partial charge in [-0.2, -0.15) is 0 Å². The Labute approximate surface area is 272 Å². The van der Waals surface area contributed by atoms with Crippen molar-refractivity contribution in [1.29, 1.82) is 0 Å². The molecule has 2 N–H and O–H groups in total. The fraction of sp³-hybridized carbons (Fsp3) is 0.385. The van der Waals surface area contributed by atoms with Crippen molar-refractivity contribution in [2.24, 2.45) is 5.92 Å². The third-order valence-electron chi connectivity index (χ3n) is 9.38. The molecule has 1 aromatic heterocycles. The Morgan fingerprint density at radius 3 is 2.30 bits per heavy atom. The minimum absolute atomic E-state index is 0.0181. The molecule has 7 heteroatoms. The Kier molecular flexibility index (Phi) is 10.9. The molecular weight excluding hydrogens is 574 g/mol. The van der Waals surface area contributed by atoms with E-state index in [1.165, 1.54) is 32.1 Å². The Balaban J connectivity index is 1.21. The van der Waals surface area contributed by atoms with Gasteiger partial charge in [0.25, 0.3) is 5.91 Å². The quantitative estimate of drug-likeness (QED) is 0.206. The minimum atomic E-state index is -0.499. The zero-order valence-electron chi connectivity index (χ0n) is 26.7. The van der Waals surface area contributed by atoms with Crippen LogP contribution in [0.1, 0.15) is 84.0 Å². The lowest BCUT2D eigenvalue weighted by molar-refractivity contribution is -0.276. The van der Waals surface area contributed by atoms with Crippen molar-refractivity contribution in [3.8, 4) is 11.1 Å². The van der Waals surface area contributed by atoms with Crippen LogP contribution in [-0.2, 0) is 22.6 Å². The number of ether oxygens (including phenoxy) is 2. The number of hydrogen-bond donors (Lipinski definition) is 2. The van der Waals surface area contributed by atoms with Crippen LogP contribution in [-0.4, -0.2) is 46.6 Å². The number of likely N-dealkylation sites (tertiary alicyclic amines) is 1. The van der Waals surface area contributed by atoms with Gasteiger partial charge in [0.15, 0.2) is 6.29 Å². The van der Waals surface area contributed by atoms with Gasteiger partial charge in [0.1, 0.15) is 0 Å². The van der Waals surface area contributed by atoms with Crippen molar-refractivity contribution in [3.05, 3.63) is 125 Å². The summed E-state index contributed by atoms with van der Waals surface area (Å²) in [5.74, 6) is 0.0135. The lowest BCUT2D eigenvalue weighted by Crippen LogP contribution is -2.45. The lowest BCUT2D eigenvalue weighted by Gasteiger charge is -2.43. The summed E-state index contributed by atoms with van der Waals surface area (Å²) < 4.78 is 13.5. The predicted molar refractivity (Wildman–Crippen MR) is 180 cm³/mol. The Morgan fingerprint density at radius 2 is 1.59 bits per heavy atom. The third-order valence-corrected chi connectivity index (χ3v) is 9.38. The maximum atomic E-state index is 12.7. The summed E-state index contributed by atoms with van der Waals surface area (Å²) >= 11 is 0. The summed E-state index contributed by atoms with van der Waals surface area (Å²) in [4.78, 5) is 19.3. The molecule has 6 rings (SSSR count). The molecule has 7 nitrogen and oxygen atoms in total. The molecule has 0 radical (unpaired) electrons. The number of benzene rings is 3. The van der Waals surface area contributed by atoms with Crippen molar-refractivity contribution in [1.82, 2.24) is 15.2 Å². The van der Waals surface area contributed by atoms with E-state index in [0.717, 1.165) is 53.0 Å². The number of aliphatic hydroxyl groups excluding tert-OH is 1. The standard InChI is InChI=1S/C39H45N3O4/c1-28-36(26-42-22-7-3-2-4-8-23-42)45-39(46-37(28)31-15-13-29(27-43)14-16-31)32-19-17-30(18-20-32)35-12-6-5-10-33(35)25-41-38(44)34-11-9-21-40-24-34/h5-6,9-21,24,28,36-37,39,43H,2-4,7-8,22-23,25-27H2,1H3,(H,41,44). The molecule has 3 aromatic carbocycles. The number of aromatic nitrogens is 1. The van der Waals surface area contributed by atoms with Gasteiger partial charge in [-0.15, -0.1) is 0 Å². The van der Waals surface area contributed by atoms with Gasteiger partial charge in [-0.25, -0.2) is 0 Å². The normalized spacial score (nSPS) is 22.5. The van der Waals surface area contributed by atoms with E-state index < -0.39 is 6.29 Å². The zero-order valence-corrected chi connectivity index (χ0v) is 26.7. The van der Waals surface area contributed by atoms with Crippen LogP contribution in [0.3, 0.4) is 0 Å². The number of aliphatic hydroxyl groups is 1. The minimum Gasteiger partial charge on any atom is -0.392 e. The number of nitrogens with zero attached hydrogens (tertiary/aromatic N) is 2. The summed E-state index contributed by atoms with van der Waals surface area (Å²) in [6.07, 6.45) is 9.04. The molecule has 0 saturated carbocycles. The van der Waals surface area contributed by atoms with Gasteiger partial charge in [0.05, 0.1) is 24.4 Å². The molecule has 3 heterocycles. The van der Waals surface area contributed by atoms with Crippen molar-refractivity contribution in [2.75, 3.05) is 19.6 Å². The highest BCUT2D eigenvalue weighted by molar-refractivity contribution is 5.93. The molecule has 0 spiro atoms. The Bertz CT molecular complexity index is 1540. The fourth-order valence-corrected chi connectivity index (χ4v) is 6.63. The summed E-state index contributed by atoms with van der Waals surface area (Å²) in [7, 11) is 0. The van der Waals surface area contributed by atoms with Crippen LogP contribution in [0.25, 0.3) is 11.1 Å². The van der Waals surface area contributed by atoms with Crippen LogP contribution in [0.4, 0.5) is 0 Å². The topological polar surface area (TPSA) is 83.9 Å². The molecule has 240 valence electrons. The molecule has 4 unspecified atom stereocenters. The van der Waals surface area contributed by atoms with Crippen LogP contribution in [0.5, 0.6) is 0 Å². The number of rotatable bonds is 9. The van der Waals surface area contributed by atoms with Gasteiger partial charge in [0, 0.05) is 37.0 Å². The molecule has 0 aliphatic carbocycles. The van der Waals surface area contributed by atoms with Gasteiger partial charge in [-0.1, -0.05) is 99.0 Å². The molecule has 2 saturated heterocycles. The lowest BCUT2D eigenvalue weighted by atomic mass is 9.89. The van der Waals surface area contributed by atoms with Crippen LogP contribution < -0.4 is 5.32 Å². The summed E-state index contributed by atoms with van der Waals surface area (Å²) in [6.45, 7) is 5.80. The molecule has 4 atom stereocenters. The van der Waals surface area contributed by atoms with Gasteiger partial charge >= 0.3 is 0 Å². The maximum Gasteiger partial charge on any atom is 0.253 e. The first kappa shape index (κ1) is 32.1. The van der Waals surface area contributed by atoms with E-state index in [1.54, 1.807) is 24.5 Å². The highest BCUT2D eigenvalue weighted by atomic mass is 16.7. The monoisotopic (exact) mass is 619 g/mol. The first-order valence-corrected chi connectivity index (χ1v) is 16.7. The number of carbonyl (C=O) groups excluding carboxylic acids is 1. The van der Waals surface area contributed by atoms with E-state index in [1.807, 2.05) is 30.3 Å². The summed E-state index contributed by atoms with van der Waals surface area (Å²) in [5.41, 5.74) is 6.68. The van der Waals surface area contributed by atoms with Crippen molar-refractivity contribution in [2.45, 2.75) is 70.7 Å². The van der Waals surface area contributed by atoms with Gasteiger partial charge in [-0.05, 0) is 65.9 Å². The number of nitrogens with one attached hydrogen (secondary N) is 1. The number of carbonyl (C=O) groups is 1. The largest absolute Gasteiger partial charge is 0.392 e. The highest BCUT2D eigenvalue weighted by Crippen LogP contribution is 2.42. The number of amides is 1. The van der Waals surface area contributed by atoms with Crippen molar-refractivity contribution >= 4 is 5.91 Å². The number of hydrogen-bond acceptors (Lipinski definition) is 6. The van der Waals surface area contributed by atoms with E-state index in [4.69, 9.17) is 9.47 Å². The van der Waals surface area contributed by atoms with Crippen LogP contribution >= 0.6 is 0 Å². The smallest absolute Gasteiger partial charge is 0.253 e. The Hall–Kier alpha value is -3.88. The van der Waals surface area contributed by atoms with E-state index in [0.29, 0.717) is 12.1 Å². The molecule has 46 heavy (non-hydrogen) atoms. The summed E-state index contributed by atoms with van der Waals surface area (Å²) in [6, 6.07) is 28.2. The van der Waals surface area contributed by atoms with E-state index in [9.17, 15) is 9.90 Å². The van der Waals surface area contributed by atoms with Gasteiger partial charge < -0.3 is 24.8 Å². The second-order valence-electron chi connectivity index (χ2n) is 12.6. The van der Waals surface area contributed by atoms with Crippen LogP contribution in [0.2, 0.25) is 0 Å². The van der Waals surface area contributed by atoms with Crippen LogP contribution in [0, 0.1) is 5.92 Å². The molecule has 2 aliphatic rings. The van der Waals surface area contributed by atoms with E-state index in [-0.39, 0.29) is 30.6 Å². The molecule has 4 aromatic rings. The third kappa shape index (κ3) is 7.91. The van der Waals surface area contributed by atoms with Gasteiger partial charge in [0.2, 0.25) is 0 Å². The van der Waals surface area contributed by atoms with Crippen LogP contribution in [0.15, 0.2) is 97.3 Å². The van der Waals surface area contributed by atoms with E-state index in [2.05, 4.69) is 64.6 Å².